The molecule has 1 fully saturated rings. The van der Waals surface area contributed by atoms with Gasteiger partial charge in [0.2, 0.25) is 0 Å². The minimum absolute atomic E-state index is 0.0411. The monoisotopic (exact) mass is 207 g/mol. The Morgan fingerprint density at radius 1 is 1.53 bits per heavy atom. The van der Waals surface area contributed by atoms with Gasteiger partial charge >= 0.3 is 0 Å². The summed E-state index contributed by atoms with van der Waals surface area (Å²) in [5, 5.41) is 3.15. The van der Waals surface area contributed by atoms with E-state index in [4.69, 9.17) is 0 Å². The van der Waals surface area contributed by atoms with Crippen molar-refractivity contribution in [3.63, 3.8) is 0 Å². The molecule has 1 N–H and O–H groups in total. The highest BCUT2D eigenvalue weighted by Gasteiger charge is 2.21. The standard InChI is InChI=1S/C12H14FNO/c1-8-6-9(13)2-5-11(8)12(15)7-14-10-3-4-10/h2,5-6,10,14H,3-4,7H2,1H3. The van der Waals surface area contributed by atoms with Crippen molar-refractivity contribution < 1.29 is 9.18 Å². The number of halogens is 1. The fourth-order valence-electron chi connectivity index (χ4n) is 1.56. The van der Waals surface area contributed by atoms with Crippen molar-refractivity contribution in [3.8, 4) is 0 Å². The molecule has 0 atom stereocenters. The molecule has 1 aliphatic rings. The Morgan fingerprint density at radius 3 is 2.87 bits per heavy atom. The minimum atomic E-state index is -0.292. The van der Waals surface area contributed by atoms with Crippen LogP contribution >= 0.6 is 0 Å². The number of ketones is 1. The van der Waals surface area contributed by atoms with Crippen LogP contribution in [0.15, 0.2) is 18.2 Å². The maximum atomic E-state index is 12.8. The second kappa shape index (κ2) is 4.11. The lowest BCUT2D eigenvalue weighted by molar-refractivity contribution is 0.0990. The second-order valence-corrected chi connectivity index (χ2v) is 4.04. The second-order valence-electron chi connectivity index (χ2n) is 4.04. The molecule has 0 aromatic heterocycles. The van der Waals surface area contributed by atoms with E-state index in [0.29, 0.717) is 23.7 Å². The molecule has 1 aromatic rings. The van der Waals surface area contributed by atoms with E-state index in [1.54, 1.807) is 13.0 Å². The number of Topliss-reactive ketones (excluding diaryl/α,β-unsaturated/α-hetero) is 1. The maximum Gasteiger partial charge on any atom is 0.176 e. The van der Waals surface area contributed by atoms with E-state index >= 15 is 0 Å². The number of nitrogens with one attached hydrogen (secondary N) is 1. The summed E-state index contributed by atoms with van der Waals surface area (Å²) in [6, 6.07) is 4.80. The number of hydrogen-bond acceptors (Lipinski definition) is 2. The van der Waals surface area contributed by atoms with Crippen LogP contribution in [0.1, 0.15) is 28.8 Å². The van der Waals surface area contributed by atoms with Gasteiger partial charge in [0, 0.05) is 11.6 Å². The highest BCUT2D eigenvalue weighted by atomic mass is 19.1. The summed E-state index contributed by atoms with van der Waals surface area (Å²) in [5.74, 6) is -0.251. The van der Waals surface area contributed by atoms with E-state index in [0.717, 1.165) is 12.8 Å². The summed E-state index contributed by atoms with van der Waals surface area (Å²) < 4.78 is 12.8. The van der Waals surface area contributed by atoms with Gasteiger partial charge in [-0.15, -0.1) is 0 Å². The molecule has 1 aliphatic carbocycles. The summed E-state index contributed by atoms with van der Waals surface area (Å²) in [6.07, 6.45) is 2.32. The first kappa shape index (κ1) is 10.3. The summed E-state index contributed by atoms with van der Waals surface area (Å²) in [6.45, 7) is 2.12. The van der Waals surface area contributed by atoms with Crippen LogP contribution in [-0.2, 0) is 0 Å². The first-order chi connectivity index (χ1) is 7.16. The van der Waals surface area contributed by atoms with Crippen molar-refractivity contribution in [1.82, 2.24) is 5.32 Å². The van der Waals surface area contributed by atoms with Gasteiger partial charge in [-0.1, -0.05) is 0 Å². The van der Waals surface area contributed by atoms with E-state index in [9.17, 15) is 9.18 Å². The van der Waals surface area contributed by atoms with Crippen molar-refractivity contribution in [2.45, 2.75) is 25.8 Å². The average molecular weight is 207 g/mol. The lowest BCUT2D eigenvalue weighted by Gasteiger charge is -2.05. The lowest BCUT2D eigenvalue weighted by atomic mass is 10.0. The largest absolute Gasteiger partial charge is 0.307 e. The number of carbonyl (C=O) groups excluding carboxylic acids is 1. The van der Waals surface area contributed by atoms with Gasteiger partial charge in [-0.3, -0.25) is 4.79 Å². The van der Waals surface area contributed by atoms with E-state index in [-0.39, 0.29) is 11.6 Å². The highest BCUT2D eigenvalue weighted by Crippen LogP contribution is 2.18. The lowest BCUT2D eigenvalue weighted by Crippen LogP contribution is -2.25. The van der Waals surface area contributed by atoms with Gasteiger partial charge in [0.15, 0.2) is 5.78 Å². The molecule has 0 bridgehead atoms. The smallest absolute Gasteiger partial charge is 0.176 e. The number of aryl methyl sites for hydroxylation is 1. The molecule has 0 aliphatic heterocycles. The van der Waals surface area contributed by atoms with Gasteiger partial charge in [0.1, 0.15) is 5.82 Å². The Morgan fingerprint density at radius 2 is 2.27 bits per heavy atom. The molecule has 1 aromatic carbocycles. The quantitative estimate of drug-likeness (QED) is 0.766. The third kappa shape index (κ3) is 2.63. The van der Waals surface area contributed by atoms with Crippen LogP contribution < -0.4 is 5.32 Å². The Labute approximate surface area is 88.5 Å². The zero-order valence-corrected chi connectivity index (χ0v) is 8.72. The third-order valence-corrected chi connectivity index (χ3v) is 2.62. The predicted octanol–water partition coefficient (Wildman–Crippen LogP) is 2.07. The third-order valence-electron chi connectivity index (χ3n) is 2.62. The molecule has 0 unspecified atom stereocenters. The molecule has 80 valence electrons. The van der Waals surface area contributed by atoms with Crippen LogP contribution in [0.2, 0.25) is 0 Å². The Bertz CT molecular complexity index is 385. The molecular weight excluding hydrogens is 193 g/mol. The highest BCUT2D eigenvalue weighted by molar-refractivity contribution is 5.98. The molecule has 0 heterocycles. The number of hydrogen-bond donors (Lipinski definition) is 1. The van der Waals surface area contributed by atoms with E-state index in [1.807, 2.05) is 0 Å². The minimum Gasteiger partial charge on any atom is -0.307 e. The number of rotatable bonds is 4. The first-order valence-corrected chi connectivity index (χ1v) is 5.19. The van der Waals surface area contributed by atoms with Crippen molar-refractivity contribution in [1.29, 1.82) is 0 Å². The molecule has 2 rings (SSSR count). The zero-order valence-electron chi connectivity index (χ0n) is 8.72. The first-order valence-electron chi connectivity index (χ1n) is 5.19. The SMILES string of the molecule is Cc1cc(F)ccc1C(=O)CNC1CC1. The fraction of sp³-hybridized carbons (Fsp3) is 0.417. The summed E-state index contributed by atoms with van der Waals surface area (Å²) in [4.78, 5) is 11.7. The van der Waals surface area contributed by atoms with Crippen molar-refractivity contribution >= 4 is 5.78 Å². The average Bonchev–Trinajstić information content (AvgIpc) is 2.97. The van der Waals surface area contributed by atoms with Crippen LogP contribution in [0.4, 0.5) is 4.39 Å². The van der Waals surface area contributed by atoms with Gasteiger partial charge in [-0.25, -0.2) is 4.39 Å². The van der Waals surface area contributed by atoms with Crippen LogP contribution in [0.3, 0.4) is 0 Å². The van der Waals surface area contributed by atoms with Crippen LogP contribution in [0.25, 0.3) is 0 Å². The normalized spacial score (nSPS) is 15.3. The Kier molecular flexibility index (Phi) is 2.82. The molecule has 0 amide bonds. The van der Waals surface area contributed by atoms with Gasteiger partial charge in [-0.05, 0) is 43.5 Å². The van der Waals surface area contributed by atoms with Crippen molar-refractivity contribution in [2.75, 3.05) is 6.54 Å². The predicted molar refractivity (Wildman–Crippen MR) is 56.5 cm³/mol. The summed E-state index contributed by atoms with van der Waals surface area (Å²) in [7, 11) is 0. The molecule has 0 saturated heterocycles. The molecular formula is C12H14FNO. The molecule has 1 saturated carbocycles. The van der Waals surface area contributed by atoms with Gasteiger partial charge < -0.3 is 5.32 Å². The summed E-state index contributed by atoms with van der Waals surface area (Å²) in [5.41, 5.74) is 1.32. The molecule has 0 radical (unpaired) electrons. The van der Waals surface area contributed by atoms with E-state index in [2.05, 4.69) is 5.32 Å². The topological polar surface area (TPSA) is 29.1 Å². The molecule has 3 heteroatoms. The van der Waals surface area contributed by atoms with Gasteiger partial charge in [-0.2, -0.15) is 0 Å². The Balaban J connectivity index is 2.03. The summed E-state index contributed by atoms with van der Waals surface area (Å²) >= 11 is 0. The van der Waals surface area contributed by atoms with E-state index in [1.165, 1.54) is 12.1 Å². The Hall–Kier alpha value is -1.22. The van der Waals surface area contributed by atoms with Crippen molar-refractivity contribution in [3.05, 3.63) is 35.1 Å². The zero-order chi connectivity index (χ0) is 10.8. The van der Waals surface area contributed by atoms with Crippen LogP contribution in [-0.4, -0.2) is 18.4 Å². The maximum absolute atomic E-state index is 12.8. The number of carbonyl (C=O) groups is 1. The molecule has 15 heavy (non-hydrogen) atoms. The van der Waals surface area contributed by atoms with Gasteiger partial charge in [0.05, 0.1) is 6.54 Å². The molecule has 0 spiro atoms. The fourth-order valence-corrected chi connectivity index (χ4v) is 1.56. The van der Waals surface area contributed by atoms with Crippen molar-refractivity contribution in [2.24, 2.45) is 0 Å². The van der Waals surface area contributed by atoms with Crippen LogP contribution in [0.5, 0.6) is 0 Å². The molecule has 2 nitrogen and oxygen atoms in total. The van der Waals surface area contributed by atoms with E-state index < -0.39 is 0 Å². The van der Waals surface area contributed by atoms with Crippen LogP contribution in [0, 0.1) is 12.7 Å². The number of benzene rings is 1. The van der Waals surface area contributed by atoms with Gasteiger partial charge in [0.25, 0.3) is 0 Å².